The van der Waals surface area contributed by atoms with Crippen LogP contribution < -0.4 is 4.90 Å². The number of rotatable bonds is 7. The zero-order valence-electron chi connectivity index (χ0n) is 19.8. The predicted molar refractivity (Wildman–Crippen MR) is 134 cm³/mol. The van der Waals surface area contributed by atoms with Crippen LogP contribution in [-0.2, 0) is 17.8 Å². The van der Waals surface area contributed by atoms with Crippen LogP contribution in [0.5, 0.6) is 0 Å². The van der Waals surface area contributed by atoms with Gasteiger partial charge in [-0.1, -0.05) is 39.0 Å². The normalized spacial score (nSPS) is 15.7. The van der Waals surface area contributed by atoms with Crippen LogP contribution in [0.15, 0.2) is 5.16 Å². The number of unbranched alkanes of at least 4 members (excludes halogenated alkanes) is 1. The van der Waals surface area contributed by atoms with E-state index in [0.717, 1.165) is 47.3 Å². The van der Waals surface area contributed by atoms with Crippen LogP contribution in [0.3, 0.4) is 0 Å². The van der Waals surface area contributed by atoms with Crippen molar-refractivity contribution in [2.45, 2.75) is 84.1 Å². The number of anilines is 1. The molecule has 168 valence electrons. The Morgan fingerprint density at radius 1 is 1.16 bits per heavy atom. The summed E-state index contributed by atoms with van der Waals surface area (Å²) in [5, 5.41) is 2.06. The van der Waals surface area contributed by atoms with Crippen LogP contribution in [0.1, 0.15) is 77.1 Å². The van der Waals surface area contributed by atoms with Gasteiger partial charge < -0.3 is 9.64 Å². The Labute approximate surface area is 194 Å². The predicted octanol–water partition coefficient (Wildman–Crippen LogP) is 6.56. The Morgan fingerprint density at radius 3 is 2.58 bits per heavy atom. The van der Waals surface area contributed by atoms with Crippen LogP contribution in [0.25, 0.3) is 20.4 Å². The van der Waals surface area contributed by atoms with E-state index in [0.29, 0.717) is 12.5 Å². The topological polar surface area (TPSA) is 51.1 Å². The molecule has 0 unspecified atom stereocenters. The van der Waals surface area contributed by atoms with E-state index in [-0.39, 0.29) is 5.60 Å². The van der Waals surface area contributed by atoms with Crippen LogP contribution in [-0.4, -0.2) is 39.9 Å². The maximum Gasteiger partial charge on any atom is 0.189 e. The van der Waals surface area contributed by atoms with Crippen LogP contribution in [0.2, 0.25) is 0 Å². The van der Waals surface area contributed by atoms with E-state index in [1.807, 2.05) is 0 Å². The Kier molecular flexibility index (Phi) is 6.48. The number of nitrogens with zero attached hydrogens (tertiary/aromatic N) is 4. The monoisotopic (exact) mass is 458 g/mol. The second kappa shape index (κ2) is 8.83. The van der Waals surface area contributed by atoms with Crippen molar-refractivity contribution in [3.8, 4) is 0 Å². The fraction of sp³-hybridized carbons (Fsp3) is 0.625. The Morgan fingerprint density at radius 2 is 1.94 bits per heavy atom. The lowest BCUT2D eigenvalue weighted by atomic mass is 9.87. The number of hydrogen-bond acceptors (Lipinski definition) is 7. The van der Waals surface area contributed by atoms with Crippen molar-refractivity contribution in [3.63, 3.8) is 0 Å². The van der Waals surface area contributed by atoms with Crippen LogP contribution >= 0.6 is 23.1 Å². The molecule has 4 heterocycles. The zero-order valence-corrected chi connectivity index (χ0v) is 21.5. The van der Waals surface area contributed by atoms with Crippen molar-refractivity contribution >= 4 is 49.3 Å². The van der Waals surface area contributed by atoms with Gasteiger partial charge in [0, 0.05) is 30.5 Å². The Balaban J connectivity index is 2.05. The fourth-order valence-electron chi connectivity index (χ4n) is 4.41. The first-order chi connectivity index (χ1) is 14.8. The van der Waals surface area contributed by atoms with Crippen molar-refractivity contribution < 1.29 is 4.74 Å². The summed E-state index contributed by atoms with van der Waals surface area (Å²) in [6.45, 7) is 15.9. The molecule has 0 bridgehead atoms. The molecular formula is C24H34N4OS2. The van der Waals surface area contributed by atoms with Crippen molar-refractivity contribution in [3.05, 3.63) is 16.8 Å². The van der Waals surface area contributed by atoms with Crippen molar-refractivity contribution in [2.24, 2.45) is 0 Å². The quantitative estimate of drug-likeness (QED) is 0.295. The van der Waals surface area contributed by atoms with Crippen molar-refractivity contribution in [1.82, 2.24) is 15.0 Å². The second-order valence-corrected chi connectivity index (χ2v) is 11.0. The summed E-state index contributed by atoms with van der Waals surface area (Å²) < 4.78 is 7.38. The van der Waals surface area contributed by atoms with Crippen molar-refractivity contribution in [1.29, 1.82) is 0 Å². The maximum absolute atomic E-state index is 6.21. The number of hydrogen-bond donors (Lipinski definition) is 0. The standard InChI is InChI=1S/C24H34N4OS2/c1-8-10-11-28(9-2)21-20-19(26-23(27-21)30-7)17-15-12-24(5,6)29-13-16(15)18(14(3)4)25-22(17)31-20/h14H,8-13H2,1-7H3. The average molecular weight is 459 g/mol. The van der Waals surface area contributed by atoms with E-state index >= 15 is 0 Å². The van der Waals surface area contributed by atoms with Gasteiger partial charge in [-0.15, -0.1) is 11.3 Å². The first-order valence-electron chi connectivity index (χ1n) is 11.4. The van der Waals surface area contributed by atoms with Gasteiger partial charge in [0.1, 0.15) is 4.83 Å². The molecule has 0 N–H and O–H groups in total. The van der Waals surface area contributed by atoms with Gasteiger partial charge in [-0.2, -0.15) is 0 Å². The highest BCUT2D eigenvalue weighted by Gasteiger charge is 2.32. The molecule has 3 aromatic heterocycles. The maximum atomic E-state index is 6.21. The molecule has 0 aliphatic carbocycles. The van der Waals surface area contributed by atoms with E-state index in [1.165, 1.54) is 33.3 Å². The van der Waals surface area contributed by atoms with Crippen molar-refractivity contribution in [2.75, 3.05) is 24.2 Å². The molecule has 31 heavy (non-hydrogen) atoms. The SMILES string of the molecule is CCCCN(CC)c1nc(SC)nc2c1sc1nc(C(C)C)c3c(c12)CC(C)(C)OC3. The number of fused-ring (bicyclic) bond motifs is 5. The number of thioether (sulfide) groups is 1. The van der Waals surface area contributed by atoms with Gasteiger partial charge in [0.25, 0.3) is 0 Å². The molecule has 0 saturated heterocycles. The minimum absolute atomic E-state index is 0.182. The number of aromatic nitrogens is 3. The molecule has 7 heteroatoms. The number of pyridine rings is 1. The summed E-state index contributed by atoms with van der Waals surface area (Å²) in [5.74, 6) is 1.43. The molecule has 3 aromatic rings. The molecule has 1 aliphatic heterocycles. The van der Waals surface area contributed by atoms with E-state index in [9.17, 15) is 0 Å². The second-order valence-electron chi connectivity index (χ2n) is 9.26. The molecular weight excluding hydrogens is 424 g/mol. The minimum atomic E-state index is -0.182. The Hall–Kier alpha value is -1.44. The van der Waals surface area contributed by atoms with Gasteiger partial charge in [-0.25, -0.2) is 15.0 Å². The molecule has 0 aromatic carbocycles. The zero-order chi connectivity index (χ0) is 22.3. The minimum Gasteiger partial charge on any atom is -0.370 e. The first-order valence-corrected chi connectivity index (χ1v) is 13.4. The molecule has 0 atom stereocenters. The number of thiophene rings is 1. The van der Waals surface area contributed by atoms with Crippen LogP contribution in [0.4, 0.5) is 5.82 Å². The molecule has 0 fully saturated rings. The third kappa shape index (κ3) is 4.16. The molecule has 1 aliphatic rings. The molecule has 0 spiro atoms. The largest absolute Gasteiger partial charge is 0.370 e. The van der Waals surface area contributed by atoms with E-state index < -0.39 is 0 Å². The summed E-state index contributed by atoms with van der Waals surface area (Å²) in [5.41, 5.74) is 4.71. The highest BCUT2D eigenvalue weighted by Crippen LogP contribution is 2.44. The lowest BCUT2D eigenvalue weighted by Gasteiger charge is -2.33. The van der Waals surface area contributed by atoms with E-state index in [2.05, 4.69) is 52.7 Å². The summed E-state index contributed by atoms with van der Waals surface area (Å²) >= 11 is 3.38. The average Bonchev–Trinajstić information content (AvgIpc) is 3.11. The molecule has 0 radical (unpaired) electrons. The van der Waals surface area contributed by atoms with Gasteiger partial charge in [0.2, 0.25) is 0 Å². The van der Waals surface area contributed by atoms with Gasteiger partial charge in [-0.3, -0.25) is 0 Å². The third-order valence-electron chi connectivity index (χ3n) is 6.08. The first kappa shape index (κ1) is 22.7. The smallest absolute Gasteiger partial charge is 0.189 e. The summed E-state index contributed by atoms with van der Waals surface area (Å²) in [7, 11) is 0. The van der Waals surface area contributed by atoms with Gasteiger partial charge >= 0.3 is 0 Å². The van der Waals surface area contributed by atoms with Crippen LogP contribution in [0, 0.1) is 0 Å². The lowest BCUT2D eigenvalue weighted by Crippen LogP contribution is -2.33. The molecule has 4 rings (SSSR count). The van der Waals surface area contributed by atoms with Gasteiger partial charge in [0.15, 0.2) is 11.0 Å². The summed E-state index contributed by atoms with van der Waals surface area (Å²) in [6.07, 6.45) is 5.28. The molecule has 0 amide bonds. The summed E-state index contributed by atoms with van der Waals surface area (Å²) in [6, 6.07) is 0. The van der Waals surface area contributed by atoms with E-state index in [1.54, 1.807) is 23.1 Å². The third-order valence-corrected chi connectivity index (χ3v) is 7.69. The number of ether oxygens (including phenoxy) is 1. The highest BCUT2D eigenvalue weighted by molar-refractivity contribution is 7.98. The summed E-state index contributed by atoms with van der Waals surface area (Å²) in [4.78, 5) is 18.7. The van der Waals surface area contributed by atoms with Gasteiger partial charge in [0.05, 0.1) is 28.1 Å². The molecule has 5 nitrogen and oxygen atoms in total. The van der Waals surface area contributed by atoms with Gasteiger partial charge in [-0.05, 0) is 44.9 Å². The highest BCUT2D eigenvalue weighted by atomic mass is 32.2. The molecule has 0 saturated carbocycles. The fourth-order valence-corrected chi connectivity index (χ4v) is 5.94. The van der Waals surface area contributed by atoms with E-state index in [4.69, 9.17) is 19.7 Å². The Bertz CT molecular complexity index is 1110. The lowest BCUT2D eigenvalue weighted by molar-refractivity contribution is -0.0402.